The third kappa shape index (κ3) is 4.06. The van der Waals surface area contributed by atoms with Crippen molar-refractivity contribution in [1.29, 1.82) is 0 Å². The van der Waals surface area contributed by atoms with E-state index in [9.17, 15) is 4.79 Å². The number of halogens is 2. The van der Waals surface area contributed by atoms with Crippen LogP contribution >= 0.6 is 22.9 Å². The van der Waals surface area contributed by atoms with E-state index < -0.39 is 5.82 Å². The summed E-state index contributed by atoms with van der Waals surface area (Å²) in [5, 5.41) is 4.52. The molecule has 0 radical (unpaired) electrons. The highest BCUT2D eigenvalue weighted by Crippen LogP contribution is 2.43. The molecule has 5 heterocycles. The molecule has 0 aliphatic carbocycles. The van der Waals surface area contributed by atoms with Crippen LogP contribution in [-0.2, 0) is 4.79 Å². The van der Waals surface area contributed by atoms with Gasteiger partial charge in [-0.05, 0) is 31.4 Å². The van der Waals surface area contributed by atoms with Crippen molar-refractivity contribution in [2.24, 2.45) is 0 Å². The minimum Gasteiger partial charge on any atom is -0.461 e. The van der Waals surface area contributed by atoms with Gasteiger partial charge in [0.1, 0.15) is 17.9 Å². The molecule has 1 amide bonds. The molecule has 1 atom stereocenters. The van der Waals surface area contributed by atoms with Crippen LogP contribution in [0.4, 0.5) is 15.3 Å². The summed E-state index contributed by atoms with van der Waals surface area (Å²) in [6, 6.07) is 7.36. The van der Waals surface area contributed by atoms with Crippen LogP contribution in [0.2, 0.25) is 5.02 Å². The minimum absolute atomic E-state index is 0.0971. The highest BCUT2D eigenvalue weighted by Gasteiger charge is 2.49. The summed E-state index contributed by atoms with van der Waals surface area (Å²) < 4.78 is 23.6. The second-order valence-corrected chi connectivity index (χ2v) is 11.8. The second-order valence-electron chi connectivity index (χ2n) is 10.4. The van der Waals surface area contributed by atoms with Crippen molar-refractivity contribution >= 4 is 60.9 Å². The SMILES string of the molecule is Nc1nc2c(-c3c(Cl)cc4c(N5CCNCC5)nc(OCC56CCCN5C(=O)CC6)nc4c3F)cccc2s1. The predicted molar refractivity (Wildman–Crippen MR) is 151 cm³/mol. The molecule has 39 heavy (non-hydrogen) atoms. The molecule has 3 aliphatic heterocycles. The summed E-state index contributed by atoms with van der Waals surface area (Å²) in [5.74, 6) is 0.194. The Morgan fingerprint density at radius 2 is 2.00 bits per heavy atom. The number of thiazole rings is 1. The van der Waals surface area contributed by atoms with Crippen molar-refractivity contribution in [3.05, 3.63) is 35.1 Å². The first-order chi connectivity index (χ1) is 18.9. The van der Waals surface area contributed by atoms with E-state index in [4.69, 9.17) is 27.1 Å². The number of aromatic nitrogens is 3. The molecule has 9 nitrogen and oxygen atoms in total. The normalized spacial score (nSPS) is 21.3. The summed E-state index contributed by atoms with van der Waals surface area (Å²) in [6.45, 7) is 4.00. The zero-order valence-corrected chi connectivity index (χ0v) is 22.7. The van der Waals surface area contributed by atoms with Crippen molar-refractivity contribution < 1.29 is 13.9 Å². The first-order valence-electron chi connectivity index (χ1n) is 13.2. The van der Waals surface area contributed by atoms with Gasteiger partial charge in [0.05, 0.1) is 20.8 Å². The average molecular weight is 568 g/mol. The Kier molecular flexibility index (Phi) is 5.98. The highest BCUT2D eigenvalue weighted by molar-refractivity contribution is 7.22. The van der Waals surface area contributed by atoms with E-state index in [0.717, 1.165) is 43.6 Å². The number of ether oxygens (including phenoxy) is 1. The number of nitrogen functional groups attached to an aromatic ring is 1. The van der Waals surface area contributed by atoms with E-state index >= 15 is 4.39 Å². The van der Waals surface area contributed by atoms with Crippen LogP contribution in [0.15, 0.2) is 24.3 Å². The summed E-state index contributed by atoms with van der Waals surface area (Å²) >= 11 is 8.11. The summed E-state index contributed by atoms with van der Waals surface area (Å²) in [5.41, 5.74) is 7.13. The number of hydrogen-bond donors (Lipinski definition) is 2. The number of para-hydroxylation sites is 1. The van der Waals surface area contributed by atoms with Crippen LogP contribution in [-0.4, -0.2) is 70.6 Å². The molecule has 3 aliphatic rings. The second kappa shape index (κ2) is 9.42. The lowest BCUT2D eigenvalue weighted by Gasteiger charge is -2.32. The molecule has 3 saturated heterocycles. The van der Waals surface area contributed by atoms with Crippen molar-refractivity contribution in [1.82, 2.24) is 25.2 Å². The van der Waals surface area contributed by atoms with E-state index in [2.05, 4.69) is 20.2 Å². The zero-order valence-electron chi connectivity index (χ0n) is 21.2. The van der Waals surface area contributed by atoms with Crippen molar-refractivity contribution in [2.75, 3.05) is 50.0 Å². The van der Waals surface area contributed by atoms with Crippen LogP contribution in [0.1, 0.15) is 25.7 Å². The molecule has 3 fully saturated rings. The average Bonchev–Trinajstić information content (AvgIpc) is 3.62. The van der Waals surface area contributed by atoms with Crippen LogP contribution in [0, 0.1) is 5.82 Å². The van der Waals surface area contributed by atoms with E-state index in [1.54, 1.807) is 12.1 Å². The van der Waals surface area contributed by atoms with Crippen LogP contribution < -0.4 is 20.7 Å². The maximum atomic E-state index is 16.5. The topological polar surface area (TPSA) is 109 Å². The number of nitrogens with zero attached hydrogens (tertiary/aromatic N) is 5. The Morgan fingerprint density at radius 1 is 1.15 bits per heavy atom. The predicted octanol–water partition coefficient (Wildman–Crippen LogP) is 4.22. The number of hydrogen-bond acceptors (Lipinski definition) is 9. The lowest BCUT2D eigenvalue weighted by Crippen LogP contribution is -2.45. The van der Waals surface area contributed by atoms with E-state index in [1.165, 1.54) is 11.3 Å². The Labute approximate surface area is 233 Å². The van der Waals surface area contributed by atoms with Gasteiger partial charge in [0.25, 0.3) is 0 Å². The Morgan fingerprint density at radius 3 is 2.85 bits per heavy atom. The summed E-state index contributed by atoms with van der Waals surface area (Å²) in [7, 11) is 0. The molecular formula is C27H27ClFN7O2S. The first kappa shape index (κ1) is 24.7. The Bertz CT molecular complexity index is 1630. The molecule has 0 saturated carbocycles. The molecule has 0 bridgehead atoms. The van der Waals surface area contributed by atoms with Crippen molar-refractivity contribution in [3.63, 3.8) is 0 Å². The highest BCUT2D eigenvalue weighted by atomic mass is 35.5. The van der Waals surface area contributed by atoms with Crippen LogP contribution in [0.25, 0.3) is 32.2 Å². The Balaban J connectivity index is 1.36. The summed E-state index contributed by atoms with van der Waals surface area (Å²) in [6.07, 6.45) is 3.10. The van der Waals surface area contributed by atoms with Gasteiger partial charge in [-0.2, -0.15) is 9.97 Å². The summed E-state index contributed by atoms with van der Waals surface area (Å²) in [4.78, 5) is 30.2. The number of benzene rings is 2. The molecule has 2 aromatic carbocycles. The van der Waals surface area contributed by atoms with Gasteiger partial charge in [-0.25, -0.2) is 9.37 Å². The fourth-order valence-electron chi connectivity index (χ4n) is 6.24. The van der Waals surface area contributed by atoms with Gasteiger partial charge in [0, 0.05) is 55.7 Å². The fourth-order valence-corrected chi connectivity index (χ4v) is 7.29. The standard InChI is InChI=1S/C27H27ClFN7O2S/c28-17-13-16-23(21(29)20(17)15-3-1-4-18-22(15)32-25(30)39-18)33-26(34-24(16)35-11-8-31-9-12-35)38-14-27-6-2-10-36(27)19(37)5-7-27/h1,3-4,13,31H,2,5-12,14H2,(H2,30,32). The van der Waals surface area contributed by atoms with E-state index in [1.807, 2.05) is 17.0 Å². The van der Waals surface area contributed by atoms with Crippen LogP contribution in [0.5, 0.6) is 6.01 Å². The first-order valence-corrected chi connectivity index (χ1v) is 14.4. The smallest absolute Gasteiger partial charge is 0.319 e. The maximum absolute atomic E-state index is 16.5. The van der Waals surface area contributed by atoms with E-state index in [0.29, 0.717) is 46.9 Å². The minimum atomic E-state index is -0.558. The third-order valence-electron chi connectivity index (χ3n) is 8.14. The number of rotatable bonds is 5. The van der Waals surface area contributed by atoms with Gasteiger partial charge < -0.3 is 25.6 Å². The van der Waals surface area contributed by atoms with E-state index in [-0.39, 0.29) is 40.2 Å². The van der Waals surface area contributed by atoms with Crippen LogP contribution in [0.3, 0.4) is 0 Å². The number of carbonyl (C=O) groups is 1. The lowest BCUT2D eigenvalue weighted by atomic mass is 9.95. The molecular weight excluding hydrogens is 541 g/mol. The number of nitrogens with two attached hydrogens (primary N) is 1. The monoisotopic (exact) mass is 567 g/mol. The largest absolute Gasteiger partial charge is 0.461 e. The number of anilines is 2. The van der Waals surface area contributed by atoms with Gasteiger partial charge >= 0.3 is 6.01 Å². The van der Waals surface area contributed by atoms with Crippen molar-refractivity contribution in [2.45, 2.75) is 31.2 Å². The molecule has 12 heteroatoms. The van der Waals surface area contributed by atoms with Gasteiger partial charge in [-0.1, -0.05) is 35.1 Å². The number of amides is 1. The fraction of sp³-hybridized carbons (Fsp3) is 0.407. The zero-order chi connectivity index (χ0) is 26.7. The quantitative estimate of drug-likeness (QED) is 0.369. The number of nitrogens with one attached hydrogen (secondary N) is 1. The van der Waals surface area contributed by atoms with Gasteiger partial charge in [-0.3, -0.25) is 4.79 Å². The third-order valence-corrected chi connectivity index (χ3v) is 9.28. The molecule has 202 valence electrons. The lowest BCUT2D eigenvalue weighted by molar-refractivity contribution is -0.130. The number of fused-ring (bicyclic) bond motifs is 3. The molecule has 1 unspecified atom stereocenters. The maximum Gasteiger partial charge on any atom is 0.319 e. The molecule has 4 aromatic rings. The van der Waals surface area contributed by atoms with Gasteiger partial charge in [0.15, 0.2) is 10.9 Å². The van der Waals surface area contributed by atoms with Gasteiger partial charge in [0.2, 0.25) is 5.91 Å². The molecule has 2 aromatic heterocycles. The Hall–Kier alpha value is -3.28. The van der Waals surface area contributed by atoms with Crippen molar-refractivity contribution in [3.8, 4) is 17.1 Å². The van der Waals surface area contributed by atoms with Gasteiger partial charge in [-0.15, -0.1) is 0 Å². The molecule has 3 N–H and O–H groups in total. The number of carbonyl (C=O) groups excluding carboxylic acids is 1. The molecule has 0 spiro atoms. The molecule has 7 rings (SSSR count). The number of piperazine rings is 1.